The van der Waals surface area contributed by atoms with Crippen LogP contribution in [0.3, 0.4) is 0 Å². The first-order valence-corrected chi connectivity index (χ1v) is 11.5. The molecular weight excluding hydrogens is 481 g/mol. The summed E-state index contributed by atoms with van der Waals surface area (Å²) in [4.78, 5) is 20.6. The Morgan fingerprint density at radius 3 is 2.46 bits per heavy atom. The Labute approximate surface area is 211 Å². The SMILES string of the molecule is Cn1cncc1C(Cl)(c1ccc(Cl)cc1)c1cnc2c(c1)c(-c1cccc(C#N)c1)cc(=O)n2C. The zero-order chi connectivity index (χ0) is 24.7. The summed E-state index contributed by atoms with van der Waals surface area (Å²) in [6.07, 6.45) is 5.11. The number of imidazole rings is 1. The predicted octanol–water partition coefficient (Wildman–Crippen LogP) is 5.39. The van der Waals surface area contributed by atoms with Crippen LogP contribution in [0.1, 0.15) is 22.4 Å². The molecule has 0 amide bonds. The van der Waals surface area contributed by atoms with Crippen molar-refractivity contribution in [2.75, 3.05) is 0 Å². The van der Waals surface area contributed by atoms with E-state index in [4.69, 9.17) is 23.2 Å². The number of hydrogen-bond acceptors (Lipinski definition) is 4. The van der Waals surface area contributed by atoms with Gasteiger partial charge in [-0.1, -0.05) is 35.9 Å². The quantitative estimate of drug-likeness (QED) is 0.310. The van der Waals surface area contributed by atoms with Crippen LogP contribution in [0.25, 0.3) is 22.2 Å². The number of hydrogen-bond donors (Lipinski definition) is 0. The Kier molecular flexibility index (Phi) is 5.68. The van der Waals surface area contributed by atoms with Gasteiger partial charge in [-0.3, -0.25) is 9.36 Å². The number of alkyl halides is 1. The van der Waals surface area contributed by atoms with Gasteiger partial charge in [0, 0.05) is 42.3 Å². The lowest BCUT2D eigenvalue weighted by molar-refractivity contribution is 0.743. The highest BCUT2D eigenvalue weighted by Gasteiger charge is 2.37. The van der Waals surface area contributed by atoms with Gasteiger partial charge in [-0.15, -0.1) is 11.6 Å². The highest BCUT2D eigenvalue weighted by molar-refractivity contribution is 6.31. The van der Waals surface area contributed by atoms with E-state index in [0.717, 1.165) is 22.2 Å². The normalized spacial score (nSPS) is 12.9. The molecule has 0 saturated carbocycles. The van der Waals surface area contributed by atoms with Gasteiger partial charge < -0.3 is 4.57 Å². The highest BCUT2D eigenvalue weighted by Crippen LogP contribution is 2.44. The first kappa shape index (κ1) is 22.9. The molecule has 1 atom stereocenters. The van der Waals surface area contributed by atoms with Gasteiger partial charge >= 0.3 is 0 Å². The summed E-state index contributed by atoms with van der Waals surface area (Å²) in [7, 11) is 3.56. The van der Waals surface area contributed by atoms with Crippen LogP contribution in [0.15, 0.2) is 84.2 Å². The van der Waals surface area contributed by atoms with E-state index in [1.54, 1.807) is 62.2 Å². The monoisotopic (exact) mass is 499 g/mol. The van der Waals surface area contributed by atoms with Crippen molar-refractivity contribution < 1.29 is 0 Å². The fourth-order valence-electron chi connectivity index (χ4n) is 4.34. The van der Waals surface area contributed by atoms with Crippen LogP contribution in [0.4, 0.5) is 0 Å². The van der Waals surface area contributed by atoms with Crippen LogP contribution in [0, 0.1) is 11.3 Å². The molecule has 3 aromatic heterocycles. The standard InChI is InChI=1S/C27H19Cl2N5O/c1-33-16-31-15-24(33)27(29,19-6-8-21(28)9-7-19)20-11-23-22(18-5-3-4-17(10-18)13-30)12-25(35)34(2)26(23)32-14-20/h3-12,14-16H,1-2H3. The highest BCUT2D eigenvalue weighted by atomic mass is 35.5. The number of pyridine rings is 2. The molecule has 8 heteroatoms. The van der Waals surface area contributed by atoms with Crippen molar-refractivity contribution in [3.63, 3.8) is 0 Å². The summed E-state index contributed by atoms with van der Waals surface area (Å²) in [6, 6.07) is 20.2. The molecular formula is C27H19Cl2N5O. The Bertz CT molecular complexity index is 1680. The van der Waals surface area contributed by atoms with Gasteiger partial charge in [0.1, 0.15) is 10.5 Å². The molecule has 6 nitrogen and oxygen atoms in total. The lowest BCUT2D eigenvalue weighted by Gasteiger charge is -2.29. The molecule has 172 valence electrons. The minimum absolute atomic E-state index is 0.198. The zero-order valence-electron chi connectivity index (χ0n) is 18.9. The first-order chi connectivity index (χ1) is 16.8. The van der Waals surface area contributed by atoms with Crippen molar-refractivity contribution in [2.45, 2.75) is 4.87 Å². The molecule has 0 aliphatic rings. The fraction of sp³-hybridized carbons (Fsp3) is 0.111. The largest absolute Gasteiger partial charge is 0.336 e. The molecule has 0 saturated heterocycles. The van der Waals surface area contributed by atoms with Crippen LogP contribution in [-0.4, -0.2) is 19.1 Å². The Morgan fingerprint density at radius 2 is 1.77 bits per heavy atom. The van der Waals surface area contributed by atoms with Crippen molar-refractivity contribution in [3.05, 3.63) is 117 Å². The third-order valence-electron chi connectivity index (χ3n) is 6.19. The number of nitriles is 1. The molecule has 5 aromatic rings. The van der Waals surface area contributed by atoms with Crippen molar-refractivity contribution in [1.29, 1.82) is 5.26 Å². The van der Waals surface area contributed by atoms with Gasteiger partial charge in [0.2, 0.25) is 0 Å². The third kappa shape index (κ3) is 3.79. The van der Waals surface area contributed by atoms with Gasteiger partial charge in [0.25, 0.3) is 5.56 Å². The molecule has 0 bridgehead atoms. The second-order valence-electron chi connectivity index (χ2n) is 8.30. The Morgan fingerprint density at radius 1 is 1.00 bits per heavy atom. The van der Waals surface area contributed by atoms with Gasteiger partial charge in [-0.2, -0.15) is 5.26 Å². The van der Waals surface area contributed by atoms with E-state index in [0.29, 0.717) is 27.4 Å². The topological polar surface area (TPSA) is 76.5 Å². The maximum absolute atomic E-state index is 12.8. The summed E-state index contributed by atoms with van der Waals surface area (Å²) in [5.41, 5.74) is 4.49. The van der Waals surface area contributed by atoms with Gasteiger partial charge in [-0.05, 0) is 47.0 Å². The number of rotatable bonds is 4. The molecule has 5 rings (SSSR count). The fourth-order valence-corrected chi connectivity index (χ4v) is 4.88. The maximum atomic E-state index is 12.8. The average Bonchev–Trinajstić information content (AvgIpc) is 3.32. The molecule has 1 unspecified atom stereocenters. The van der Waals surface area contributed by atoms with Crippen LogP contribution in [0.2, 0.25) is 5.02 Å². The second kappa shape index (κ2) is 8.70. The number of halogens is 2. The second-order valence-corrected chi connectivity index (χ2v) is 9.30. The van der Waals surface area contributed by atoms with Crippen LogP contribution in [-0.2, 0) is 19.0 Å². The van der Waals surface area contributed by atoms with E-state index in [1.165, 1.54) is 4.57 Å². The molecule has 0 fully saturated rings. The summed E-state index contributed by atoms with van der Waals surface area (Å²) < 4.78 is 3.36. The molecule has 35 heavy (non-hydrogen) atoms. The smallest absolute Gasteiger partial charge is 0.252 e. The van der Waals surface area contributed by atoms with Crippen molar-refractivity contribution >= 4 is 34.2 Å². The number of aryl methyl sites for hydroxylation is 2. The third-order valence-corrected chi connectivity index (χ3v) is 7.07. The van der Waals surface area contributed by atoms with Crippen molar-refractivity contribution in [3.8, 4) is 17.2 Å². The van der Waals surface area contributed by atoms with E-state index in [-0.39, 0.29) is 5.56 Å². The van der Waals surface area contributed by atoms with Gasteiger partial charge in [0.15, 0.2) is 0 Å². The lowest BCUT2D eigenvalue weighted by Crippen LogP contribution is -2.26. The molecule has 0 N–H and O–H groups in total. The van der Waals surface area contributed by atoms with E-state index >= 15 is 0 Å². The van der Waals surface area contributed by atoms with Crippen molar-refractivity contribution in [1.82, 2.24) is 19.1 Å². The van der Waals surface area contributed by atoms with E-state index in [1.807, 2.05) is 35.9 Å². The first-order valence-electron chi connectivity index (χ1n) is 10.8. The number of benzene rings is 2. The molecule has 0 aliphatic heterocycles. The lowest BCUT2D eigenvalue weighted by atomic mass is 9.87. The molecule has 3 heterocycles. The van der Waals surface area contributed by atoms with Crippen LogP contribution < -0.4 is 5.56 Å². The average molecular weight is 500 g/mol. The minimum atomic E-state index is -1.13. The van der Waals surface area contributed by atoms with E-state index < -0.39 is 4.87 Å². The summed E-state index contributed by atoms with van der Waals surface area (Å²) in [5.74, 6) is 0. The zero-order valence-corrected chi connectivity index (χ0v) is 20.4. The van der Waals surface area contributed by atoms with Crippen molar-refractivity contribution in [2.24, 2.45) is 14.1 Å². The van der Waals surface area contributed by atoms with Gasteiger partial charge in [-0.25, -0.2) is 9.97 Å². The maximum Gasteiger partial charge on any atom is 0.252 e. The minimum Gasteiger partial charge on any atom is -0.336 e. The van der Waals surface area contributed by atoms with E-state index in [9.17, 15) is 10.1 Å². The Hall–Kier alpha value is -3.92. The molecule has 2 aromatic carbocycles. The van der Waals surface area contributed by atoms with Crippen LogP contribution in [0.5, 0.6) is 0 Å². The predicted molar refractivity (Wildman–Crippen MR) is 138 cm³/mol. The molecule has 0 aliphatic carbocycles. The molecule has 0 spiro atoms. The number of aromatic nitrogens is 4. The van der Waals surface area contributed by atoms with Gasteiger partial charge in [0.05, 0.1) is 29.9 Å². The van der Waals surface area contributed by atoms with Crippen LogP contribution >= 0.6 is 23.2 Å². The number of nitrogens with zero attached hydrogens (tertiary/aromatic N) is 5. The summed E-state index contributed by atoms with van der Waals surface area (Å²) >= 11 is 13.6. The molecule has 0 radical (unpaired) electrons. The summed E-state index contributed by atoms with van der Waals surface area (Å²) in [6.45, 7) is 0. The summed E-state index contributed by atoms with van der Waals surface area (Å²) in [5, 5.41) is 10.7. The Balaban J connectivity index is 1.84. The number of fused-ring (bicyclic) bond motifs is 1. The van der Waals surface area contributed by atoms with E-state index in [2.05, 4.69) is 16.0 Å².